The van der Waals surface area contributed by atoms with Crippen molar-refractivity contribution in [1.82, 2.24) is 4.90 Å². The van der Waals surface area contributed by atoms with Gasteiger partial charge in [-0.05, 0) is 5.44 Å². The fraction of sp³-hybridized carbons (Fsp3) is 1.00. The zero-order valence-corrected chi connectivity index (χ0v) is 5.36. The Morgan fingerprint density at radius 3 is 1.86 bits per heavy atom. The van der Waals surface area contributed by atoms with Crippen LogP contribution in [-0.4, -0.2) is 31.3 Å². The molecular formula is C5H12BN. The summed E-state index contributed by atoms with van der Waals surface area (Å²) in [6, 6.07) is 0. The third-order valence-corrected chi connectivity index (χ3v) is 1.40. The van der Waals surface area contributed by atoms with E-state index in [9.17, 15) is 0 Å². The van der Waals surface area contributed by atoms with E-state index in [1.54, 1.807) is 0 Å². The molecule has 2 heteroatoms. The van der Waals surface area contributed by atoms with Crippen LogP contribution in [0.15, 0.2) is 0 Å². The molecule has 0 bridgehead atoms. The molecule has 0 amide bonds. The van der Waals surface area contributed by atoms with Crippen LogP contribution in [0.2, 0.25) is 0 Å². The second-order valence-corrected chi connectivity index (χ2v) is 3.16. The van der Waals surface area contributed by atoms with Gasteiger partial charge < -0.3 is 4.90 Å². The van der Waals surface area contributed by atoms with E-state index in [1.165, 1.54) is 13.1 Å². The molecule has 0 N–H and O–H groups in total. The van der Waals surface area contributed by atoms with Gasteiger partial charge in [-0.25, -0.2) is 0 Å². The molecule has 0 aliphatic carbocycles. The van der Waals surface area contributed by atoms with Crippen LogP contribution in [-0.2, 0) is 0 Å². The summed E-state index contributed by atoms with van der Waals surface area (Å²) < 4.78 is 0. The van der Waals surface area contributed by atoms with Crippen LogP contribution in [0.1, 0.15) is 13.8 Å². The maximum Gasteiger partial charge on any atom is 0.127 e. The van der Waals surface area contributed by atoms with Gasteiger partial charge >= 0.3 is 0 Å². The second-order valence-electron chi connectivity index (χ2n) is 3.16. The normalized spacial score (nSPS) is 22.6. The fourth-order valence-electron chi connectivity index (χ4n) is 0.721. The predicted octanol–water partition coefficient (Wildman–Crippen LogP) is -0.329. The molecule has 0 atom stereocenters. The Morgan fingerprint density at radius 1 is 1.43 bits per heavy atom. The summed E-state index contributed by atoms with van der Waals surface area (Å²) >= 11 is 0. The summed E-state index contributed by atoms with van der Waals surface area (Å²) in [5.74, 6) is 0. The van der Waals surface area contributed by atoms with Crippen molar-refractivity contribution in [2.24, 2.45) is 0 Å². The first-order valence-corrected chi connectivity index (χ1v) is 2.86. The monoisotopic (exact) mass is 97.1 g/mol. The van der Waals surface area contributed by atoms with Gasteiger partial charge in [-0.2, -0.15) is 0 Å². The third-order valence-electron chi connectivity index (χ3n) is 1.40. The Kier molecular flexibility index (Phi) is 0.924. The van der Waals surface area contributed by atoms with E-state index in [2.05, 4.69) is 26.6 Å². The molecule has 0 radical (unpaired) electrons. The van der Waals surface area contributed by atoms with Crippen molar-refractivity contribution in [2.45, 2.75) is 19.3 Å². The van der Waals surface area contributed by atoms with E-state index in [0.29, 0.717) is 5.44 Å². The molecule has 7 heavy (non-hydrogen) atoms. The van der Waals surface area contributed by atoms with E-state index in [-0.39, 0.29) is 0 Å². The molecule has 0 saturated carbocycles. The first-order chi connectivity index (χ1) is 3.11. The molecule has 0 unspecified atom stereocenters. The van der Waals surface area contributed by atoms with E-state index in [4.69, 9.17) is 0 Å². The van der Waals surface area contributed by atoms with Gasteiger partial charge in [-0.15, -0.1) is 0 Å². The Balaban J connectivity index is 2.36. The topological polar surface area (TPSA) is 3.01 Å². The molecule has 1 nitrogen and oxygen atoms in total. The highest BCUT2D eigenvalue weighted by atomic mass is 15.3. The predicted molar refractivity (Wildman–Crippen MR) is 34.2 cm³/mol. The summed E-state index contributed by atoms with van der Waals surface area (Å²) in [6.45, 7) is 7.12. The molecule has 0 spiro atoms. The number of nitrogens with zero attached hydrogens (tertiary/aromatic N) is 1. The molecule has 1 aliphatic heterocycles. The van der Waals surface area contributed by atoms with Gasteiger partial charge in [-0.1, -0.05) is 13.8 Å². The highest BCUT2D eigenvalue weighted by molar-refractivity contribution is 6.14. The molecule has 1 fully saturated rings. The zero-order chi connectivity index (χ0) is 5.49. The zero-order valence-electron chi connectivity index (χ0n) is 5.36. The van der Waals surface area contributed by atoms with E-state index in [1.807, 2.05) is 0 Å². The van der Waals surface area contributed by atoms with Crippen LogP contribution in [0.4, 0.5) is 0 Å². The van der Waals surface area contributed by atoms with Crippen LogP contribution in [0.25, 0.3) is 0 Å². The summed E-state index contributed by atoms with van der Waals surface area (Å²) in [6.07, 6.45) is 0. The first kappa shape index (κ1) is 5.17. The first-order valence-electron chi connectivity index (χ1n) is 2.86. The molecule has 0 aromatic carbocycles. The number of hydrogen-bond donors (Lipinski definition) is 0. The van der Waals surface area contributed by atoms with Gasteiger partial charge in [0.2, 0.25) is 0 Å². The Labute approximate surface area is 46.1 Å². The quantitative estimate of drug-likeness (QED) is 0.320. The lowest BCUT2D eigenvalue weighted by Gasteiger charge is -2.18. The molecule has 1 aliphatic rings. The van der Waals surface area contributed by atoms with Crippen molar-refractivity contribution in [1.29, 1.82) is 0 Å². The van der Waals surface area contributed by atoms with Crippen LogP contribution >= 0.6 is 0 Å². The fourth-order valence-corrected chi connectivity index (χ4v) is 0.721. The van der Waals surface area contributed by atoms with Crippen molar-refractivity contribution < 1.29 is 0 Å². The van der Waals surface area contributed by atoms with Crippen LogP contribution in [0.3, 0.4) is 0 Å². The third kappa shape index (κ3) is 1.20. The maximum atomic E-state index is 2.44. The van der Waals surface area contributed by atoms with Gasteiger partial charge in [0.05, 0.1) is 0 Å². The van der Waals surface area contributed by atoms with Gasteiger partial charge in [0, 0.05) is 13.1 Å². The maximum absolute atomic E-state index is 2.44. The van der Waals surface area contributed by atoms with Gasteiger partial charge in [0.25, 0.3) is 0 Å². The van der Waals surface area contributed by atoms with Crippen LogP contribution in [0.5, 0.6) is 0 Å². The summed E-state index contributed by atoms with van der Waals surface area (Å²) in [5.41, 5.74) is 0.444. The average Bonchev–Trinajstić information content (AvgIpc) is 1.99. The minimum absolute atomic E-state index is 0.444. The smallest absolute Gasteiger partial charge is 0.127 e. The van der Waals surface area contributed by atoms with E-state index in [0.717, 1.165) is 0 Å². The van der Waals surface area contributed by atoms with Gasteiger partial charge in [0.1, 0.15) is 7.85 Å². The molecule has 0 aromatic heterocycles. The van der Waals surface area contributed by atoms with Crippen molar-refractivity contribution in [2.75, 3.05) is 13.1 Å². The minimum Gasteiger partial charge on any atom is -0.303 e. The highest BCUT2D eigenvalue weighted by Crippen LogP contribution is 2.17. The standard InChI is InChI=1S/C5H12BN/c1-5(2,6)7-3-4-7/h3-4,6H2,1-2H3. The van der Waals surface area contributed by atoms with Crippen molar-refractivity contribution >= 4 is 7.85 Å². The Bertz CT molecular complexity index is 70.6. The summed E-state index contributed by atoms with van der Waals surface area (Å²) in [7, 11) is 2.25. The largest absolute Gasteiger partial charge is 0.303 e. The molecule has 40 valence electrons. The molecule has 0 aromatic rings. The van der Waals surface area contributed by atoms with Crippen LogP contribution in [0, 0.1) is 0 Å². The van der Waals surface area contributed by atoms with Crippen molar-refractivity contribution in [3.63, 3.8) is 0 Å². The number of hydrogen-bond acceptors (Lipinski definition) is 1. The Hall–Kier alpha value is 0.0249. The second kappa shape index (κ2) is 1.25. The molecular weight excluding hydrogens is 84.9 g/mol. The van der Waals surface area contributed by atoms with Crippen molar-refractivity contribution in [3.8, 4) is 0 Å². The lowest BCUT2D eigenvalue weighted by Crippen LogP contribution is -2.30. The summed E-state index contributed by atoms with van der Waals surface area (Å²) in [4.78, 5) is 2.44. The SMILES string of the molecule is BC(C)(C)N1CC1. The van der Waals surface area contributed by atoms with E-state index >= 15 is 0 Å². The van der Waals surface area contributed by atoms with Crippen molar-refractivity contribution in [3.05, 3.63) is 0 Å². The van der Waals surface area contributed by atoms with Gasteiger partial charge in [-0.3, -0.25) is 0 Å². The molecule has 1 rings (SSSR count). The van der Waals surface area contributed by atoms with Crippen LogP contribution < -0.4 is 0 Å². The Morgan fingerprint density at radius 2 is 1.86 bits per heavy atom. The highest BCUT2D eigenvalue weighted by Gasteiger charge is 2.29. The van der Waals surface area contributed by atoms with Gasteiger partial charge in [0.15, 0.2) is 0 Å². The molecule has 1 saturated heterocycles. The van der Waals surface area contributed by atoms with E-state index < -0.39 is 0 Å². The number of rotatable bonds is 1. The average molecular weight is 97.0 g/mol. The lowest BCUT2D eigenvalue weighted by molar-refractivity contribution is 0.403. The summed E-state index contributed by atoms with van der Waals surface area (Å²) in [5, 5.41) is 0. The lowest BCUT2D eigenvalue weighted by atomic mass is 9.82. The minimum atomic E-state index is 0.444. The molecule has 1 heterocycles.